The Morgan fingerprint density at radius 2 is 1.65 bits per heavy atom. The van der Waals surface area contributed by atoms with Gasteiger partial charge in [0.25, 0.3) is 0 Å². The standard InChI is InChI=1S/C14H23NO2/c1-3-10-16-12-9-15-13-5-7-14(8-6-13)17-11-4-2/h5-8,15H,3-4,9-12H2,1-2H3. The van der Waals surface area contributed by atoms with Crippen LogP contribution in [0.3, 0.4) is 0 Å². The Morgan fingerprint density at radius 1 is 0.941 bits per heavy atom. The van der Waals surface area contributed by atoms with E-state index in [2.05, 4.69) is 19.2 Å². The summed E-state index contributed by atoms with van der Waals surface area (Å²) in [6.07, 6.45) is 2.11. The molecule has 0 amide bonds. The fourth-order valence-electron chi connectivity index (χ4n) is 1.40. The molecule has 0 bridgehead atoms. The first-order valence-electron chi connectivity index (χ1n) is 6.41. The summed E-state index contributed by atoms with van der Waals surface area (Å²) in [5.74, 6) is 0.930. The van der Waals surface area contributed by atoms with Gasteiger partial charge in [-0.15, -0.1) is 0 Å². The van der Waals surface area contributed by atoms with Gasteiger partial charge in [-0.1, -0.05) is 13.8 Å². The van der Waals surface area contributed by atoms with Crippen LogP contribution >= 0.6 is 0 Å². The number of benzene rings is 1. The predicted octanol–water partition coefficient (Wildman–Crippen LogP) is 3.31. The van der Waals surface area contributed by atoms with Crippen molar-refractivity contribution in [2.75, 3.05) is 31.7 Å². The highest BCUT2D eigenvalue weighted by Crippen LogP contribution is 2.15. The fourth-order valence-corrected chi connectivity index (χ4v) is 1.40. The van der Waals surface area contributed by atoms with Crippen LogP contribution in [0.1, 0.15) is 26.7 Å². The van der Waals surface area contributed by atoms with Crippen LogP contribution in [0.5, 0.6) is 5.75 Å². The summed E-state index contributed by atoms with van der Waals surface area (Å²) in [5, 5.41) is 3.31. The molecule has 0 heterocycles. The summed E-state index contributed by atoms with van der Waals surface area (Å²) >= 11 is 0. The van der Waals surface area contributed by atoms with Crippen LogP contribution in [-0.2, 0) is 4.74 Å². The molecular weight excluding hydrogens is 214 g/mol. The lowest BCUT2D eigenvalue weighted by Gasteiger charge is -2.08. The summed E-state index contributed by atoms with van der Waals surface area (Å²) in [5.41, 5.74) is 1.11. The van der Waals surface area contributed by atoms with Gasteiger partial charge in [-0.2, -0.15) is 0 Å². The van der Waals surface area contributed by atoms with Gasteiger partial charge in [0.05, 0.1) is 13.2 Å². The Bertz CT molecular complexity index is 285. The number of ether oxygens (including phenoxy) is 2. The summed E-state index contributed by atoms with van der Waals surface area (Å²) < 4.78 is 10.9. The van der Waals surface area contributed by atoms with E-state index in [-0.39, 0.29) is 0 Å². The molecule has 0 aliphatic carbocycles. The molecular formula is C14H23NO2. The highest BCUT2D eigenvalue weighted by atomic mass is 16.5. The SMILES string of the molecule is CCCOCCNc1ccc(OCCC)cc1. The van der Waals surface area contributed by atoms with Crippen LogP contribution in [0.15, 0.2) is 24.3 Å². The second kappa shape index (κ2) is 8.88. The van der Waals surface area contributed by atoms with Crippen molar-refractivity contribution in [3.8, 4) is 5.75 Å². The lowest BCUT2D eigenvalue weighted by molar-refractivity contribution is 0.144. The molecule has 0 radical (unpaired) electrons. The van der Waals surface area contributed by atoms with Gasteiger partial charge in [-0.05, 0) is 37.1 Å². The van der Waals surface area contributed by atoms with Gasteiger partial charge in [0.15, 0.2) is 0 Å². The third-order valence-electron chi connectivity index (χ3n) is 2.25. The van der Waals surface area contributed by atoms with Crippen molar-refractivity contribution < 1.29 is 9.47 Å². The molecule has 1 aromatic rings. The highest BCUT2D eigenvalue weighted by molar-refractivity contribution is 5.46. The average Bonchev–Trinajstić information content (AvgIpc) is 2.37. The lowest BCUT2D eigenvalue weighted by atomic mass is 10.3. The Labute approximate surface area is 104 Å². The molecule has 1 aromatic carbocycles. The first kappa shape index (κ1) is 13.8. The minimum atomic E-state index is 0.752. The molecule has 17 heavy (non-hydrogen) atoms. The van der Waals surface area contributed by atoms with E-state index in [9.17, 15) is 0 Å². The zero-order chi connectivity index (χ0) is 12.3. The first-order chi connectivity index (χ1) is 8.36. The first-order valence-corrected chi connectivity index (χ1v) is 6.41. The van der Waals surface area contributed by atoms with Gasteiger partial charge in [-0.25, -0.2) is 0 Å². The summed E-state index contributed by atoms with van der Waals surface area (Å²) in [6, 6.07) is 8.05. The largest absolute Gasteiger partial charge is 0.494 e. The average molecular weight is 237 g/mol. The summed E-state index contributed by atoms with van der Waals surface area (Å²) in [6.45, 7) is 7.43. The second-order valence-electron chi connectivity index (χ2n) is 3.91. The van der Waals surface area contributed by atoms with Crippen molar-refractivity contribution in [1.29, 1.82) is 0 Å². The van der Waals surface area contributed by atoms with Crippen LogP contribution in [0.25, 0.3) is 0 Å². The van der Waals surface area contributed by atoms with E-state index in [1.165, 1.54) is 0 Å². The van der Waals surface area contributed by atoms with Crippen molar-refractivity contribution in [2.45, 2.75) is 26.7 Å². The Kier molecular flexibility index (Phi) is 7.23. The Morgan fingerprint density at radius 3 is 2.29 bits per heavy atom. The molecule has 1 N–H and O–H groups in total. The summed E-state index contributed by atoms with van der Waals surface area (Å²) in [4.78, 5) is 0. The molecule has 0 saturated carbocycles. The number of anilines is 1. The maximum atomic E-state index is 5.52. The minimum Gasteiger partial charge on any atom is -0.494 e. The molecule has 0 aromatic heterocycles. The Balaban J connectivity index is 2.20. The third-order valence-corrected chi connectivity index (χ3v) is 2.25. The topological polar surface area (TPSA) is 30.5 Å². The molecule has 3 nitrogen and oxygen atoms in total. The van der Waals surface area contributed by atoms with Gasteiger partial charge in [-0.3, -0.25) is 0 Å². The van der Waals surface area contributed by atoms with Crippen LogP contribution < -0.4 is 10.1 Å². The highest BCUT2D eigenvalue weighted by Gasteiger charge is 1.94. The van der Waals surface area contributed by atoms with Gasteiger partial charge in [0.1, 0.15) is 5.75 Å². The second-order valence-corrected chi connectivity index (χ2v) is 3.91. The number of nitrogens with one attached hydrogen (secondary N) is 1. The fraction of sp³-hybridized carbons (Fsp3) is 0.571. The van der Waals surface area contributed by atoms with Crippen molar-refractivity contribution in [2.24, 2.45) is 0 Å². The van der Waals surface area contributed by atoms with Crippen molar-refractivity contribution in [3.63, 3.8) is 0 Å². The number of rotatable bonds is 9. The molecule has 96 valence electrons. The normalized spacial score (nSPS) is 10.2. The van der Waals surface area contributed by atoms with E-state index in [0.717, 1.165) is 50.6 Å². The molecule has 0 unspecified atom stereocenters. The zero-order valence-corrected chi connectivity index (χ0v) is 10.9. The molecule has 0 aliphatic rings. The van der Waals surface area contributed by atoms with E-state index in [4.69, 9.17) is 9.47 Å². The maximum absolute atomic E-state index is 5.52. The minimum absolute atomic E-state index is 0.752. The molecule has 0 fully saturated rings. The van der Waals surface area contributed by atoms with E-state index in [1.54, 1.807) is 0 Å². The smallest absolute Gasteiger partial charge is 0.119 e. The number of hydrogen-bond acceptors (Lipinski definition) is 3. The molecule has 0 saturated heterocycles. The van der Waals surface area contributed by atoms with Crippen molar-refractivity contribution >= 4 is 5.69 Å². The van der Waals surface area contributed by atoms with Crippen LogP contribution in [0.4, 0.5) is 5.69 Å². The maximum Gasteiger partial charge on any atom is 0.119 e. The van der Waals surface area contributed by atoms with Crippen molar-refractivity contribution in [3.05, 3.63) is 24.3 Å². The quantitative estimate of drug-likeness (QED) is 0.668. The monoisotopic (exact) mass is 237 g/mol. The van der Waals surface area contributed by atoms with Crippen LogP contribution in [0.2, 0.25) is 0 Å². The van der Waals surface area contributed by atoms with Crippen LogP contribution in [0, 0.1) is 0 Å². The molecule has 1 rings (SSSR count). The predicted molar refractivity (Wildman–Crippen MR) is 71.8 cm³/mol. The Hall–Kier alpha value is -1.22. The van der Waals surface area contributed by atoms with Crippen molar-refractivity contribution in [1.82, 2.24) is 0 Å². The lowest BCUT2D eigenvalue weighted by Crippen LogP contribution is -2.09. The molecule has 0 aliphatic heterocycles. The third kappa shape index (κ3) is 6.17. The van der Waals surface area contributed by atoms with Gasteiger partial charge >= 0.3 is 0 Å². The van der Waals surface area contributed by atoms with E-state index >= 15 is 0 Å². The van der Waals surface area contributed by atoms with E-state index < -0.39 is 0 Å². The zero-order valence-electron chi connectivity index (χ0n) is 10.9. The van der Waals surface area contributed by atoms with Gasteiger partial charge in [0, 0.05) is 18.8 Å². The summed E-state index contributed by atoms with van der Waals surface area (Å²) in [7, 11) is 0. The van der Waals surface area contributed by atoms with Gasteiger partial charge in [0.2, 0.25) is 0 Å². The van der Waals surface area contributed by atoms with E-state index in [0.29, 0.717) is 0 Å². The van der Waals surface area contributed by atoms with Crippen LogP contribution in [-0.4, -0.2) is 26.4 Å². The molecule has 3 heteroatoms. The molecule has 0 atom stereocenters. The van der Waals surface area contributed by atoms with E-state index in [1.807, 2.05) is 24.3 Å². The van der Waals surface area contributed by atoms with Gasteiger partial charge < -0.3 is 14.8 Å². The number of hydrogen-bond donors (Lipinski definition) is 1. The molecule has 0 spiro atoms.